The number of aromatic amines is 1. The van der Waals surface area contributed by atoms with Gasteiger partial charge in [0, 0.05) is 18.8 Å². The van der Waals surface area contributed by atoms with Gasteiger partial charge >= 0.3 is 5.97 Å². The minimum absolute atomic E-state index is 0.131. The fraction of sp³-hybridized carbons (Fsp3) is 0.385. The molecule has 0 aliphatic rings. The molecular weight excluding hydrogens is 292 g/mol. The lowest BCUT2D eigenvalue weighted by Gasteiger charge is -2.05. The summed E-state index contributed by atoms with van der Waals surface area (Å²) in [6.45, 7) is 3.64. The highest BCUT2D eigenvalue weighted by atomic mass is 32.2. The average molecular weight is 308 g/mol. The maximum atomic E-state index is 11.6. The van der Waals surface area contributed by atoms with Crippen molar-refractivity contribution in [1.29, 1.82) is 0 Å². The summed E-state index contributed by atoms with van der Waals surface area (Å²) in [6, 6.07) is 1.46. The molecule has 0 unspecified atom stereocenters. The van der Waals surface area contributed by atoms with Crippen LogP contribution in [0, 0.1) is 6.92 Å². The molecule has 0 bridgehead atoms. The molecule has 0 aromatic carbocycles. The summed E-state index contributed by atoms with van der Waals surface area (Å²) in [4.78, 5) is 29.9. The molecule has 0 aliphatic heterocycles. The number of hydrogen-bond acceptors (Lipinski definition) is 5. The van der Waals surface area contributed by atoms with Gasteiger partial charge in [-0.3, -0.25) is 9.48 Å². The number of rotatable bonds is 5. The van der Waals surface area contributed by atoms with Crippen molar-refractivity contribution in [2.45, 2.75) is 36.9 Å². The van der Waals surface area contributed by atoms with Crippen molar-refractivity contribution in [1.82, 2.24) is 19.7 Å². The maximum Gasteiger partial charge on any atom is 0.340 e. The van der Waals surface area contributed by atoms with Crippen LogP contribution in [-0.2, 0) is 13.5 Å². The van der Waals surface area contributed by atoms with Crippen LogP contribution in [0.3, 0.4) is 0 Å². The summed E-state index contributed by atoms with van der Waals surface area (Å²) in [6.07, 6.45) is 1.58. The summed E-state index contributed by atoms with van der Waals surface area (Å²) in [7, 11) is 1.66. The van der Waals surface area contributed by atoms with Crippen LogP contribution < -0.4 is 5.56 Å². The molecule has 0 aliphatic carbocycles. The highest BCUT2D eigenvalue weighted by Gasteiger charge is 2.21. The van der Waals surface area contributed by atoms with E-state index < -0.39 is 5.97 Å². The Morgan fingerprint density at radius 3 is 2.86 bits per heavy atom. The third-order valence-electron chi connectivity index (χ3n) is 2.86. The number of carboxylic acid groups (broad SMARTS) is 1. The van der Waals surface area contributed by atoms with Crippen molar-refractivity contribution in [2.24, 2.45) is 7.05 Å². The molecule has 0 atom stereocenters. The Balaban J connectivity index is 2.43. The topological polar surface area (TPSA) is 101 Å². The Bertz CT molecular complexity index is 736. The van der Waals surface area contributed by atoms with Crippen LogP contribution in [0.5, 0.6) is 0 Å². The summed E-state index contributed by atoms with van der Waals surface area (Å²) in [5.41, 5.74) is 1.01. The average Bonchev–Trinajstić information content (AvgIpc) is 2.63. The van der Waals surface area contributed by atoms with E-state index in [0.717, 1.165) is 18.2 Å². The molecule has 0 saturated heterocycles. The SMILES string of the molecule is CCCc1cc(=O)[nH]c(Sc2c(C(=O)O)c(C)nn2C)n1. The zero-order chi connectivity index (χ0) is 15.6. The second-order valence-corrected chi connectivity index (χ2v) is 5.57. The first-order chi connectivity index (χ1) is 9.92. The maximum absolute atomic E-state index is 11.6. The number of hydrogen-bond donors (Lipinski definition) is 2. The van der Waals surface area contributed by atoms with Crippen molar-refractivity contribution in [3.63, 3.8) is 0 Å². The molecule has 2 aromatic heterocycles. The Morgan fingerprint density at radius 1 is 1.52 bits per heavy atom. The number of aromatic carboxylic acids is 1. The zero-order valence-corrected chi connectivity index (χ0v) is 12.8. The zero-order valence-electron chi connectivity index (χ0n) is 12.0. The van der Waals surface area contributed by atoms with Crippen LogP contribution in [0.15, 0.2) is 21.0 Å². The standard InChI is InChI=1S/C13H16N4O3S/c1-4-5-8-6-9(18)15-13(14-8)21-11-10(12(19)20)7(2)16-17(11)3/h6H,4-5H2,1-3H3,(H,19,20)(H,14,15,18). The normalized spacial score (nSPS) is 10.8. The van der Waals surface area contributed by atoms with E-state index in [0.29, 0.717) is 28.0 Å². The molecule has 8 heteroatoms. The monoisotopic (exact) mass is 308 g/mol. The highest BCUT2D eigenvalue weighted by molar-refractivity contribution is 7.99. The molecule has 112 valence electrons. The van der Waals surface area contributed by atoms with E-state index in [9.17, 15) is 14.7 Å². The van der Waals surface area contributed by atoms with Crippen molar-refractivity contribution >= 4 is 17.7 Å². The van der Waals surface area contributed by atoms with E-state index in [1.807, 2.05) is 6.92 Å². The number of H-pyrrole nitrogens is 1. The van der Waals surface area contributed by atoms with Gasteiger partial charge < -0.3 is 10.1 Å². The fourth-order valence-corrected chi connectivity index (χ4v) is 3.02. The van der Waals surface area contributed by atoms with E-state index in [-0.39, 0.29) is 11.1 Å². The van der Waals surface area contributed by atoms with E-state index in [2.05, 4.69) is 15.1 Å². The number of carbonyl (C=O) groups is 1. The van der Waals surface area contributed by atoms with Crippen LogP contribution in [0.4, 0.5) is 0 Å². The van der Waals surface area contributed by atoms with Gasteiger partial charge in [-0.05, 0) is 25.1 Å². The summed E-state index contributed by atoms with van der Waals surface area (Å²) in [5, 5.41) is 14.2. The number of aromatic nitrogens is 4. The van der Waals surface area contributed by atoms with Gasteiger partial charge in [0.1, 0.15) is 10.6 Å². The van der Waals surface area contributed by atoms with Crippen molar-refractivity contribution < 1.29 is 9.90 Å². The van der Waals surface area contributed by atoms with Crippen molar-refractivity contribution in [3.05, 3.63) is 33.4 Å². The molecule has 0 amide bonds. The van der Waals surface area contributed by atoms with Gasteiger partial charge in [-0.1, -0.05) is 13.3 Å². The lowest BCUT2D eigenvalue weighted by molar-refractivity contribution is 0.0692. The van der Waals surface area contributed by atoms with Crippen molar-refractivity contribution in [2.75, 3.05) is 0 Å². The first-order valence-corrected chi connectivity index (χ1v) is 7.29. The Kier molecular flexibility index (Phi) is 4.46. The molecule has 0 fully saturated rings. The van der Waals surface area contributed by atoms with Crippen molar-refractivity contribution in [3.8, 4) is 0 Å². The molecule has 2 N–H and O–H groups in total. The minimum Gasteiger partial charge on any atom is -0.478 e. The largest absolute Gasteiger partial charge is 0.478 e. The smallest absolute Gasteiger partial charge is 0.340 e. The summed E-state index contributed by atoms with van der Waals surface area (Å²) < 4.78 is 1.48. The van der Waals surface area contributed by atoms with Gasteiger partial charge in [-0.2, -0.15) is 5.10 Å². The van der Waals surface area contributed by atoms with E-state index in [4.69, 9.17) is 0 Å². The Hall–Kier alpha value is -2.09. The van der Waals surface area contributed by atoms with Crippen LogP contribution in [0.1, 0.15) is 35.1 Å². The van der Waals surface area contributed by atoms with Gasteiger partial charge in [-0.15, -0.1) is 0 Å². The van der Waals surface area contributed by atoms with Crippen LogP contribution in [0.25, 0.3) is 0 Å². The first kappa shape index (κ1) is 15.3. The molecule has 0 saturated carbocycles. The van der Waals surface area contributed by atoms with Gasteiger partial charge in [0.2, 0.25) is 0 Å². The van der Waals surface area contributed by atoms with Gasteiger partial charge in [0.05, 0.1) is 5.69 Å². The fourth-order valence-electron chi connectivity index (χ4n) is 2.01. The number of nitrogens with zero attached hydrogens (tertiary/aromatic N) is 3. The van der Waals surface area contributed by atoms with Gasteiger partial charge in [-0.25, -0.2) is 9.78 Å². The lowest BCUT2D eigenvalue weighted by atomic mass is 10.2. The second kappa shape index (κ2) is 6.13. The van der Waals surface area contributed by atoms with Crippen LogP contribution >= 0.6 is 11.8 Å². The van der Waals surface area contributed by atoms with Gasteiger partial charge in [0.15, 0.2) is 5.16 Å². The summed E-state index contributed by atoms with van der Waals surface area (Å²) in [5.74, 6) is -1.05. The predicted octanol–water partition coefficient (Wildman–Crippen LogP) is 1.61. The Morgan fingerprint density at radius 2 is 2.24 bits per heavy atom. The molecule has 2 heterocycles. The Labute approximate surface area is 125 Å². The highest BCUT2D eigenvalue weighted by Crippen LogP contribution is 2.29. The predicted molar refractivity (Wildman–Crippen MR) is 77.9 cm³/mol. The molecule has 0 radical (unpaired) electrons. The van der Waals surface area contributed by atoms with E-state index in [1.165, 1.54) is 10.7 Å². The minimum atomic E-state index is -1.05. The number of nitrogens with one attached hydrogen (secondary N) is 1. The van der Waals surface area contributed by atoms with Crippen LogP contribution in [0.2, 0.25) is 0 Å². The molecular formula is C13H16N4O3S. The number of carboxylic acids is 1. The van der Waals surface area contributed by atoms with E-state index in [1.54, 1.807) is 14.0 Å². The third-order valence-corrected chi connectivity index (χ3v) is 3.90. The summed E-state index contributed by atoms with van der Waals surface area (Å²) >= 11 is 1.10. The molecule has 0 spiro atoms. The molecule has 21 heavy (non-hydrogen) atoms. The molecule has 7 nitrogen and oxygen atoms in total. The number of aryl methyl sites for hydroxylation is 3. The lowest BCUT2D eigenvalue weighted by Crippen LogP contribution is -2.10. The van der Waals surface area contributed by atoms with E-state index >= 15 is 0 Å². The van der Waals surface area contributed by atoms with Crippen LogP contribution in [-0.4, -0.2) is 30.8 Å². The molecule has 2 aromatic rings. The first-order valence-electron chi connectivity index (χ1n) is 6.47. The second-order valence-electron chi connectivity index (χ2n) is 4.59. The quantitative estimate of drug-likeness (QED) is 0.814. The molecule has 2 rings (SSSR count). The van der Waals surface area contributed by atoms with Gasteiger partial charge in [0.25, 0.3) is 5.56 Å². The third kappa shape index (κ3) is 3.33.